The highest BCUT2D eigenvalue weighted by atomic mass is 16.5. The lowest BCUT2D eigenvalue weighted by Gasteiger charge is -2.39. The summed E-state index contributed by atoms with van der Waals surface area (Å²) >= 11 is 0. The van der Waals surface area contributed by atoms with E-state index < -0.39 is 0 Å². The first-order chi connectivity index (χ1) is 7.61. The van der Waals surface area contributed by atoms with Crippen molar-refractivity contribution in [3.05, 3.63) is 29.8 Å². The molecule has 2 rings (SSSR count). The number of hydrogen-bond acceptors (Lipinski definition) is 3. The van der Waals surface area contributed by atoms with Gasteiger partial charge in [0.2, 0.25) is 0 Å². The quantitative estimate of drug-likeness (QED) is 0.713. The van der Waals surface area contributed by atoms with Gasteiger partial charge in [-0.1, -0.05) is 0 Å². The highest BCUT2D eigenvalue weighted by Crippen LogP contribution is 2.22. The molecule has 16 heavy (non-hydrogen) atoms. The first-order valence-electron chi connectivity index (χ1n) is 5.55. The summed E-state index contributed by atoms with van der Waals surface area (Å²) < 4.78 is 5.66. The summed E-state index contributed by atoms with van der Waals surface area (Å²) in [5.41, 5.74) is 1.78. The van der Waals surface area contributed by atoms with E-state index in [0.29, 0.717) is 0 Å². The van der Waals surface area contributed by atoms with Crippen molar-refractivity contribution in [2.75, 3.05) is 24.6 Å². The van der Waals surface area contributed by atoms with Crippen molar-refractivity contribution in [1.29, 1.82) is 0 Å². The number of carbonyl (C=O) groups is 1. The van der Waals surface area contributed by atoms with E-state index in [-0.39, 0.29) is 5.60 Å². The predicted molar refractivity (Wildman–Crippen MR) is 64.1 cm³/mol. The molecule has 0 atom stereocenters. The molecule has 0 saturated carbocycles. The van der Waals surface area contributed by atoms with Gasteiger partial charge in [0.25, 0.3) is 0 Å². The van der Waals surface area contributed by atoms with E-state index in [1.54, 1.807) is 0 Å². The van der Waals surface area contributed by atoms with Gasteiger partial charge in [-0.2, -0.15) is 0 Å². The third-order valence-corrected chi connectivity index (χ3v) is 2.82. The summed E-state index contributed by atoms with van der Waals surface area (Å²) in [6.45, 7) is 6.73. The smallest absolute Gasteiger partial charge is 0.150 e. The molecule has 0 aromatic heterocycles. The molecule has 0 unspecified atom stereocenters. The van der Waals surface area contributed by atoms with E-state index >= 15 is 0 Å². The third kappa shape index (κ3) is 2.42. The van der Waals surface area contributed by atoms with Crippen molar-refractivity contribution in [3.8, 4) is 0 Å². The van der Waals surface area contributed by atoms with E-state index in [1.807, 2.05) is 24.3 Å². The molecule has 1 saturated heterocycles. The van der Waals surface area contributed by atoms with Crippen LogP contribution in [0.25, 0.3) is 0 Å². The zero-order chi connectivity index (χ0) is 11.6. The van der Waals surface area contributed by atoms with Crippen LogP contribution >= 0.6 is 0 Å². The summed E-state index contributed by atoms with van der Waals surface area (Å²) in [4.78, 5) is 12.9. The molecule has 3 nitrogen and oxygen atoms in total. The Hall–Kier alpha value is -1.35. The second kappa shape index (κ2) is 4.26. The first-order valence-corrected chi connectivity index (χ1v) is 5.55. The highest BCUT2D eigenvalue weighted by Gasteiger charge is 2.27. The van der Waals surface area contributed by atoms with Gasteiger partial charge in [-0.15, -0.1) is 0 Å². The second-order valence-corrected chi connectivity index (χ2v) is 4.74. The van der Waals surface area contributed by atoms with Crippen LogP contribution in [-0.4, -0.2) is 31.6 Å². The topological polar surface area (TPSA) is 29.5 Å². The number of carbonyl (C=O) groups excluding carboxylic acids is 1. The molecular weight excluding hydrogens is 202 g/mol. The number of hydrogen-bond donors (Lipinski definition) is 0. The van der Waals surface area contributed by atoms with Gasteiger partial charge in [0.05, 0.1) is 12.2 Å². The minimum absolute atomic E-state index is 0.0957. The number of rotatable bonds is 2. The fourth-order valence-electron chi connectivity index (χ4n) is 2.00. The number of anilines is 1. The molecule has 1 aromatic rings. The largest absolute Gasteiger partial charge is 0.372 e. The average Bonchev–Trinajstić information content (AvgIpc) is 2.28. The van der Waals surface area contributed by atoms with Crippen LogP contribution in [0.15, 0.2) is 24.3 Å². The second-order valence-electron chi connectivity index (χ2n) is 4.74. The van der Waals surface area contributed by atoms with E-state index in [9.17, 15) is 4.79 Å². The van der Waals surface area contributed by atoms with Gasteiger partial charge < -0.3 is 9.64 Å². The lowest BCUT2D eigenvalue weighted by Crippen LogP contribution is -2.48. The molecule has 0 aliphatic carbocycles. The molecule has 1 heterocycles. The number of aldehydes is 1. The number of benzene rings is 1. The van der Waals surface area contributed by atoms with Crippen LogP contribution in [0, 0.1) is 0 Å². The van der Waals surface area contributed by atoms with Crippen molar-refractivity contribution >= 4 is 12.0 Å². The lowest BCUT2D eigenvalue weighted by atomic mass is 10.1. The number of ether oxygens (including phenoxy) is 1. The van der Waals surface area contributed by atoms with Crippen molar-refractivity contribution in [2.45, 2.75) is 19.4 Å². The lowest BCUT2D eigenvalue weighted by molar-refractivity contribution is -0.0276. The molecule has 0 spiro atoms. The van der Waals surface area contributed by atoms with Crippen LogP contribution in [-0.2, 0) is 4.74 Å². The molecule has 1 aromatic carbocycles. The summed E-state index contributed by atoms with van der Waals surface area (Å²) in [7, 11) is 0. The van der Waals surface area contributed by atoms with E-state index in [2.05, 4.69) is 18.7 Å². The Labute approximate surface area is 96.0 Å². The Morgan fingerprint density at radius 1 is 1.31 bits per heavy atom. The van der Waals surface area contributed by atoms with E-state index in [4.69, 9.17) is 4.74 Å². The Morgan fingerprint density at radius 2 is 2.00 bits per heavy atom. The van der Waals surface area contributed by atoms with Crippen molar-refractivity contribution in [1.82, 2.24) is 0 Å². The summed E-state index contributed by atoms with van der Waals surface area (Å²) in [6.07, 6.45) is 0.868. The monoisotopic (exact) mass is 219 g/mol. The van der Waals surface area contributed by atoms with Crippen LogP contribution in [0.4, 0.5) is 5.69 Å². The molecule has 0 bridgehead atoms. The maximum atomic E-state index is 10.6. The standard InChI is InChI=1S/C13H17NO2/c1-13(2)10-14(7-8-16-13)12-5-3-11(9-15)4-6-12/h3-6,9H,7-8,10H2,1-2H3. The minimum Gasteiger partial charge on any atom is -0.372 e. The van der Waals surface area contributed by atoms with Crippen LogP contribution in [0.1, 0.15) is 24.2 Å². The fourth-order valence-corrected chi connectivity index (χ4v) is 2.00. The van der Waals surface area contributed by atoms with Gasteiger partial charge in [-0.05, 0) is 38.1 Å². The van der Waals surface area contributed by atoms with Crippen LogP contribution in [0.2, 0.25) is 0 Å². The molecule has 0 radical (unpaired) electrons. The third-order valence-electron chi connectivity index (χ3n) is 2.82. The minimum atomic E-state index is -0.0957. The summed E-state index contributed by atoms with van der Waals surface area (Å²) in [5.74, 6) is 0. The van der Waals surface area contributed by atoms with Gasteiger partial charge in [-0.3, -0.25) is 4.79 Å². The number of nitrogens with zero attached hydrogens (tertiary/aromatic N) is 1. The molecule has 0 N–H and O–H groups in total. The van der Waals surface area contributed by atoms with Crippen LogP contribution in [0.3, 0.4) is 0 Å². The molecule has 86 valence electrons. The zero-order valence-corrected chi connectivity index (χ0v) is 9.77. The maximum absolute atomic E-state index is 10.6. The van der Waals surface area contributed by atoms with Gasteiger partial charge >= 0.3 is 0 Å². The summed E-state index contributed by atoms with van der Waals surface area (Å²) in [5, 5.41) is 0. The van der Waals surface area contributed by atoms with E-state index in [1.165, 1.54) is 0 Å². The molecule has 0 amide bonds. The van der Waals surface area contributed by atoms with Gasteiger partial charge in [-0.25, -0.2) is 0 Å². The number of morpholine rings is 1. The molecule has 1 aliphatic heterocycles. The van der Waals surface area contributed by atoms with Gasteiger partial charge in [0.1, 0.15) is 6.29 Å². The normalized spacial score (nSPS) is 19.5. The zero-order valence-electron chi connectivity index (χ0n) is 9.77. The molecule has 1 fully saturated rings. The predicted octanol–water partition coefficient (Wildman–Crippen LogP) is 2.11. The van der Waals surface area contributed by atoms with Crippen molar-refractivity contribution < 1.29 is 9.53 Å². The van der Waals surface area contributed by atoms with Crippen LogP contribution < -0.4 is 4.90 Å². The Bertz CT molecular complexity index is 370. The first kappa shape index (κ1) is 11.1. The Morgan fingerprint density at radius 3 is 2.56 bits per heavy atom. The SMILES string of the molecule is CC1(C)CN(c2ccc(C=O)cc2)CCO1. The average molecular weight is 219 g/mol. The van der Waals surface area contributed by atoms with E-state index in [0.717, 1.165) is 37.2 Å². The molecular formula is C13H17NO2. The van der Waals surface area contributed by atoms with Gasteiger partial charge in [0, 0.05) is 24.3 Å². The van der Waals surface area contributed by atoms with Gasteiger partial charge in [0.15, 0.2) is 0 Å². The summed E-state index contributed by atoms with van der Waals surface area (Å²) in [6, 6.07) is 7.69. The Balaban J connectivity index is 2.14. The Kier molecular flexibility index (Phi) is 2.97. The fraction of sp³-hybridized carbons (Fsp3) is 0.462. The van der Waals surface area contributed by atoms with Crippen LogP contribution in [0.5, 0.6) is 0 Å². The molecule has 3 heteroatoms. The maximum Gasteiger partial charge on any atom is 0.150 e. The van der Waals surface area contributed by atoms with Crippen molar-refractivity contribution in [3.63, 3.8) is 0 Å². The van der Waals surface area contributed by atoms with Crippen molar-refractivity contribution in [2.24, 2.45) is 0 Å². The highest BCUT2D eigenvalue weighted by molar-refractivity contribution is 5.75. The molecule has 1 aliphatic rings.